The number of aliphatic carboxylic acids is 1. The molecule has 5 heteroatoms. The van der Waals surface area contributed by atoms with Crippen molar-refractivity contribution in [2.45, 2.75) is 58.5 Å². The van der Waals surface area contributed by atoms with Crippen LogP contribution in [0.3, 0.4) is 0 Å². The van der Waals surface area contributed by atoms with Gasteiger partial charge in [0.25, 0.3) is 0 Å². The van der Waals surface area contributed by atoms with Crippen LogP contribution in [0.4, 0.5) is 0 Å². The van der Waals surface area contributed by atoms with Gasteiger partial charge in [0.2, 0.25) is 5.91 Å². The Hall–Kier alpha value is -1.10. The highest BCUT2D eigenvalue weighted by Crippen LogP contribution is 2.33. The molecule has 0 radical (unpaired) electrons. The predicted octanol–water partition coefficient (Wildman–Crippen LogP) is 2.29. The zero-order valence-corrected chi connectivity index (χ0v) is 13.1. The van der Waals surface area contributed by atoms with E-state index < -0.39 is 11.4 Å². The Morgan fingerprint density at radius 3 is 2.40 bits per heavy atom. The minimum absolute atomic E-state index is 0.0703. The molecular formula is C15H27NO4. The highest BCUT2D eigenvalue weighted by Gasteiger charge is 2.40. The van der Waals surface area contributed by atoms with Gasteiger partial charge in [-0.2, -0.15) is 0 Å². The van der Waals surface area contributed by atoms with E-state index in [2.05, 4.69) is 0 Å². The Morgan fingerprint density at radius 1 is 1.35 bits per heavy atom. The molecule has 1 amide bonds. The van der Waals surface area contributed by atoms with Crippen molar-refractivity contribution in [1.29, 1.82) is 0 Å². The number of amides is 1. The van der Waals surface area contributed by atoms with Crippen molar-refractivity contribution in [2.24, 2.45) is 5.41 Å². The number of carbonyl (C=O) groups excluding carboxylic acids is 1. The van der Waals surface area contributed by atoms with Crippen molar-refractivity contribution in [2.75, 3.05) is 20.2 Å². The van der Waals surface area contributed by atoms with E-state index in [4.69, 9.17) is 4.74 Å². The first-order valence-corrected chi connectivity index (χ1v) is 7.39. The van der Waals surface area contributed by atoms with E-state index in [1.807, 2.05) is 20.8 Å². The summed E-state index contributed by atoms with van der Waals surface area (Å²) in [5.41, 5.74) is -1.24. The second-order valence-electron chi connectivity index (χ2n) is 6.04. The standard InChI is InChI=1S/C15H27NO4/c1-5-15(6-2,13(18)19)10-12(17)16-9-7-8-14(3,11-16)20-4/h5-11H2,1-4H3,(H,18,19). The number of nitrogens with zero attached hydrogens (tertiary/aromatic N) is 1. The Balaban J connectivity index is 2.77. The summed E-state index contributed by atoms with van der Waals surface area (Å²) in [5.74, 6) is -0.943. The third kappa shape index (κ3) is 3.51. The van der Waals surface area contributed by atoms with E-state index in [1.165, 1.54) is 0 Å². The average molecular weight is 285 g/mol. The molecule has 0 aliphatic carbocycles. The molecule has 0 aromatic heterocycles. The van der Waals surface area contributed by atoms with E-state index in [-0.39, 0.29) is 17.9 Å². The van der Waals surface area contributed by atoms with E-state index in [1.54, 1.807) is 12.0 Å². The van der Waals surface area contributed by atoms with Crippen molar-refractivity contribution >= 4 is 11.9 Å². The molecular weight excluding hydrogens is 258 g/mol. The molecule has 116 valence electrons. The number of carboxylic acids is 1. The molecule has 1 aliphatic heterocycles. The van der Waals surface area contributed by atoms with Crippen molar-refractivity contribution in [3.63, 3.8) is 0 Å². The average Bonchev–Trinajstić information content (AvgIpc) is 2.44. The maximum absolute atomic E-state index is 12.4. The molecule has 1 saturated heterocycles. The summed E-state index contributed by atoms with van der Waals surface area (Å²) in [6.07, 6.45) is 2.85. The lowest BCUT2D eigenvalue weighted by Crippen LogP contribution is -2.51. The Morgan fingerprint density at radius 2 is 1.95 bits per heavy atom. The largest absolute Gasteiger partial charge is 0.481 e. The molecule has 1 atom stereocenters. The fourth-order valence-electron chi connectivity index (χ4n) is 2.86. The zero-order chi connectivity index (χ0) is 15.4. The summed E-state index contributed by atoms with van der Waals surface area (Å²) in [6.45, 7) is 6.91. The minimum atomic E-state index is -0.933. The first-order valence-electron chi connectivity index (χ1n) is 7.39. The normalized spacial score (nSPS) is 23.7. The second kappa shape index (κ2) is 6.57. The molecule has 1 heterocycles. The number of ether oxygens (including phenoxy) is 1. The van der Waals surface area contributed by atoms with Crippen LogP contribution in [0.25, 0.3) is 0 Å². The van der Waals surface area contributed by atoms with Crippen LogP contribution in [0.1, 0.15) is 52.9 Å². The monoisotopic (exact) mass is 285 g/mol. The zero-order valence-electron chi connectivity index (χ0n) is 13.1. The number of carboxylic acid groups (broad SMARTS) is 1. The second-order valence-corrected chi connectivity index (χ2v) is 6.04. The van der Waals surface area contributed by atoms with Gasteiger partial charge in [-0.1, -0.05) is 13.8 Å². The molecule has 1 rings (SSSR count). The molecule has 0 aromatic rings. The molecule has 1 fully saturated rings. The van der Waals surface area contributed by atoms with Gasteiger partial charge in [0.15, 0.2) is 0 Å². The lowest BCUT2D eigenvalue weighted by molar-refractivity contribution is -0.156. The van der Waals surface area contributed by atoms with Crippen molar-refractivity contribution in [3.05, 3.63) is 0 Å². The number of methoxy groups -OCH3 is 1. The summed E-state index contributed by atoms with van der Waals surface area (Å²) >= 11 is 0. The number of rotatable bonds is 6. The van der Waals surface area contributed by atoms with Gasteiger partial charge in [-0.05, 0) is 32.6 Å². The summed E-state index contributed by atoms with van der Waals surface area (Å²) in [7, 11) is 1.66. The van der Waals surface area contributed by atoms with E-state index in [0.717, 1.165) is 12.8 Å². The van der Waals surface area contributed by atoms with Crippen LogP contribution in [0.15, 0.2) is 0 Å². The van der Waals surface area contributed by atoms with Crippen LogP contribution in [0.2, 0.25) is 0 Å². The fraction of sp³-hybridized carbons (Fsp3) is 0.867. The number of hydrogen-bond donors (Lipinski definition) is 1. The van der Waals surface area contributed by atoms with Crippen LogP contribution >= 0.6 is 0 Å². The minimum Gasteiger partial charge on any atom is -0.481 e. The Labute approximate surface area is 121 Å². The van der Waals surface area contributed by atoms with Gasteiger partial charge >= 0.3 is 5.97 Å². The van der Waals surface area contributed by atoms with Crippen molar-refractivity contribution in [3.8, 4) is 0 Å². The first-order chi connectivity index (χ1) is 9.32. The molecule has 1 unspecified atom stereocenters. The van der Waals surface area contributed by atoms with Crippen LogP contribution in [-0.2, 0) is 14.3 Å². The summed E-state index contributed by atoms with van der Waals surface area (Å²) in [6, 6.07) is 0. The summed E-state index contributed by atoms with van der Waals surface area (Å²) in [4.78, 5) is 25.7. The highest BCUT2D eigenvalue weighted by molar-refractivity contribution is 5.85. The van der Waals surface area contributed by atoms with Gasteiger partial charge in [0.05, 0.1) is 11.0 Å². The molecule has 1 aliphatic rings. The van der Waals surface area contributed by atoms with Gasteiger partial charge in [-0.25, -0.2) is 0 Å². The number of carbonyl (C=O) groups is 2. The number of piperidine rings is 1. The fourth-order valence-corrected chi connectivity index (χ4v) is 2.86. The van der Waals surface area contributed by atoms with Gasteiger partial charge in [0.1, 0.15) is 0 Å². The van der Waals surface area contributed by atoms with E-state index in [0.29, 0.717) is 25.9 Å². The predicted molar refractivity (Wildman–Crippen MR) is 76.5 cm³/mol. The maximum Gasteiger partial charge on any atom is 0.310 e. The third-order valence-corrected chi connectivity index (χ3v) is 4.80. The van der Waals surface area contributed by atoms with Gasteiger partial charge < -0.3 is 14.7 Å². The van der Waals surface area contributed by atoms with E-state index >= 15 is 0 Å². The van der Waals surface area contributed by atoms with Crippen LogP contribution in [-0.4, -0.2) is 47.7 Å². The molecule has 5 nitrogen and oxygen atoms in total. The van der Waals surface area contributed by atoms with E-state index in [9.17, 15) is 14.7 Å². The molecule has 0 spiro atoms. The molecule has 0 aromatic carbocycles. The first kappa shape index (κ1) is 17.0. The molecule has 20 heavy (non-hydrogen) atoms. The van der Waals surface area contributed by atoms with Crippen LogP contribution < -0.4 is 0 Å². The topological polar surface area (TPSA) is 66.8 Å². The third-order valence-electron chi connectivity index (χ3n) is 4.80. The smallest absolute Gasteiger partial charge is 0.310 e. The number of likely N-dealkylation sites (tertiary alicyclic amines) is 1. The molecule has 1 N–H and O–H groups in total. The highest BCUT2D eigenvalue weighted by atomic mass is 16.5. The van der Waals surface area contributed by atoms with Crippen molar-refractivity contribution < 1.29 is 19.4 Å². The lowest BCUT2D eigenvalue weighted by Gasteiger charge is -2.40. The van der Waals surface area contributed by atoms with Crippen molar-refractivity contribution in [1.82, 2.24) is 4.90 Å². The quantitative estimate of drug-likeness (QED) is 0.813. The molecule has 0 bridgehead atoms. The van der Waals surface area contributed by atoms with Crippen LogP contribution in [0.5, 0.6) is 0 Å². The summed E-state index contributed by atoms with van der Waals surface area (Å²) in [5, 5.41) is 9.42. The molecule has 0 saturated carbocycles. The van der Waals surface area contributed by atoms with Gasteiger partial charge in [0, 0.05) is 26.6 Å². The Kier molecular flexibility index (Phi) is 5.57. The lowest BCUT2D eigenvalue weighted by atomic mass is 9.78. The Bertz CT molecular complexity index is 365. The van der Waals surface area contributed by atoms with Crippen LogP contribution in [0, 0.1) is 5.41 Å². The van der Waals surface area contributed by atoms with Gasteiger partial charge in [-0.15, -0.1) is 0 Å². The van der Waals surface area contributed by atoms with Gasteiger partial charge in [-0.3, -0.25) is 9.59 Å². The SMILES string of the molecule is CCC(CC)(CC(=O)N1CCCC(C)(OC)C1)C(=O)O. The summed E-state index contributed by atoms with van der Waals surface area (Å²) < 4.78 is 5.48. The maximum atomic E-state index is 12.4. The number of hydrogen-bond acceptors (Lipinski definition) is 3.